The average Bonchev–Trinajstić information content (AvgIpc) is 3.25. The minimum absolute atomic E-state index is 0.224. The van der Waals surface area contributed by atoms with Gasteiger partial charge in [-0.2, -0.15) is 0 Å². The summed E-state index contributed by atoms with van der Waals surface area (Å²) in [6.45, 7) is 5.72. The Balaban J connectivity index is 1.39. The maximum absolute atomic E-state index is 13.6. The van der Waals surface area contributed by atoms with Crippen LogP contribution >= 0.6 is 0 Å². The smallest absolute Gasteiger partial charge is 0.171 e. The van der Waals surface area contributed by atoms with Crippen molar-refractivity contribution in [2.24, 2.45) is 17.3 Å². The number of Topliss-reactive ketones (excluding diaryl/α,β-unsaturated/α-hetero) is 1. The molecule has 3 heteroatoms. The molecule has 5 rings (SSSR count). The third kappa shape index (κ3) is 3.16. The molecule has 1 saturated carbocycles. The highest BCUT2D eigenvalue weighted by molar-refractivity contribution is 6.01. The van der Waals surface area contributed by atoms with Crippen LogP contribution in [0.4, 0.5) is 0 Å². The summed E-state index contributed by atoms with van der Waals surface area (Å²) in [4.78, 5) is 13.6. The molecule has 1 saturated heterocycles. The van der Waals surface area contributed by atoms with Gasteiger partial charge < -0.3 is 9.47 Å². The Hall–Kier alpha value is -2.23. The number of ether oxygens (including phenoxy) is 2. The summed E-state index contributed by atoms with van der Waals surface area (Å²) >= 11 is 0. The van der Waals surface area contributed by atoms with Crippen LogP contribution in [0.2, 0.25) is 0 Å². The molecule has 0 unspecified atom stereocenters. The molecule has 2 fully saturated rings. The molecule has 3 aliphatic rings. The molecule has 156 valence electrons. The second-order valence-corrected chi connectivity index (χ2v) is 9.36. The van der Waals surface area contributed by atoms with Gasteiger partial charge in [-0.05, 0) is 41.0 Å². The minimum atomic E-state index is -0.472. The van der Waals surface area contributed by atoms with Crippen molar-refractivity contribution in [1.82, 2.24) is 0 Å². The van der Waals surface area contributed by atoms with Gasteiger partial charge >= 0.3 is 0 Å². The summed E-state index contributed by atoms with van der Waals surface area (Å²) in [5, 5.41) is 0. The van der Waals surface area contributed by atoms with E-state index in [1.807, 2.05) is 6.07 Å². The van der Waals surface area contributed by atoms with Crippen LogP contribution in [0.15, 0.2) is 66.2 Å². The van der Waals surface area contributed by atoms with Gasteiger partial charge in [0.05, 0.1) is 13.2 Å². The molecule has 2 aromatic rings. The van der Waals surface area contributed by atoms with E-state index in [-0.39, 0.29) is 17.3 Å². The minimum Gasteiger partial charge on any atom is -0.347 e. The Bertz CT molecular complexity index is 971. The number of fused-ring (bicyclic) bond motifs is 1. The third-order valence-corrected chi connectivity index (χ3v) is 7.74. The monoisotopic (exact) mass is 402 g/mol. The third-order valence-electron chi connectivity index (χ3n) is 7.74. The number of hydrogen-bond acceptors (Lipinski definition) is 3. The first kappa shape index (κ1) is 19.7. The Labute approximate surface area is 179 Å². The molecule has 2 aromatic carbocycles. The van der Waals surface area contributed by atoms with Gasteiger partial charge in [0.2, 0.25) is 0 Å². The van der Waals surface area contributed by atoms with Gasteiger partial charge in [0.15, 0.2) is 11.6 Å². The average molecular weight is 403 g/mol. The largest absolute Gasteiger partial charge is 0.347 e. The highest BCUT2D eigenvalue weighted by atomic mass is 16.7. The van der Waals surface area contributed by atoms with E-state index in [1.165, 1.54) is 16.7 Å². The van der Waals surface area contributed by atoms with Gasteiger partial charge in [-0.15, -0.1) is 0 Å². The van der Waals surface area contributed by atoms with Gasteiger partial charge in [0.25, 0.3) is 0 Å². The molecule has 1 spiro atoms. The van der Waals surface area contributed by atoms with Crippen molar-refractivity contribution in [2.45, 2.75) is 45.3 Å². The van der Waals surface area contributed by atoms with Crippen molar-refractivity contribution in [3.63, 3.8) is 0 Å². The molecule has 1 heterocycles. The number of carbonyl (C=O) groups excluding carboxylic acids is 1. The number of ketones is 1. The molecule has 0 bridgehead atoms. The standard InChI is InChI=1S/C27H30O3/c1-19-24-12-11-23(25(28)26(24,2)13-14-27(19)29-15-16-30-27)18-20-7-6-10-22(17-20)21-8-4-3-5-9-21/h3-11,17,19,24H,12-16,18H2,1-2H3/t19-,24-,26-/m0/s1. The van der Waals surface area contributed by atoms with Crippen LogP contribution in [0.5, 0.6) is 0 Å². The lowest BCUT2D eigenvalue weighted by molar-refractivity contribution is -0.239. The zero-order chi connectivity index (χ0) is 20.8. The van der Waals surface area contributed by atoms with Gasteiger partial charge in [-0.1, -0.05) is 74.5 Å². The lowest BCUT2D eigenvalue weighted by Crippen LogP contribution is -2.55. The van der Waals surface area contributed by atoms with Crippen LogP contribution in [-0.2, 0) is 20.7 Å². The fraction of sp³-hybridized carbons (Fsp3) is 0.444. The predicted octanol–water partition coefficient (Wildman–Crippen LogP) is 5.59. The molecule has 30 heavy (non-hydrogen) atoms. The summed E-state index contributed by atoms with van der Waals surface area (Å²) in [6.07, 6.45) is 5.46. The summed E-state index contributed by atoms with van der Waals surface area (Å²) in [6, 6.07) is 19.0. The Morgan fingerprint density at radius 3 is 2.47 bits per heavy atom. The van der Waals surface area contributed by atoms with E-state index >= 15 is 0 Å². The number of carbonyl (C=O) groups is 1. The van der Waals surface area contributed by atoms with Gasteiger partial charge in [-0.3, -0.25) is 4.79 Å². The summed E-state index contributed by atoms with van der Waals surface area (Å²) in [5.41, 5.74) is 4.25. The second-order valence-electron chi connectivity index (χ2n) is 9.36. The molecular weight excluding hydrogens is 372 g/mol. The van der Waals surface area contributed by atoms with Crippen molar-refractivity contribution < 1.29 is 14.3 Å². The van der Waals surface area contributed by atoms with E-state index < -0.39 is 5.79 Å². The zero-order valence-corrected chi connectivity index (χ0v) is 17.9. The van der Waals surface area contributed by atoms with Crippen LogP contribution in [0, 0.1) is 17.3 Å². The molecule has 3 nitrogen and oxygen atoms in total. The predicted molar refractivity (Wildman–Crippen MR) is 118 cm³/mol. The van der Waals surface area contributed by atoms with Crippen molar-refractivity contribution in [1.29, 1.82) is 0 Å². The molecule has 0 aromatic heterocycles. The van der Waals surface area contributed by atoms with E-state index in [0.29, 0.717) is 25.4 Å². The van der Waals surface area contributed by atoms with Gasteiger partial charge in [0, 0.05) is 24.2 Å². The van der Waals surface area contributed by atoms with Crippen molar-refractivity contribution in [2.75, 3.05) is 13.2 Å². The lowest BCUT2D eigenvalue weighted by Gasteiger charge is -2.52. The van der Waals surface area contributed by atoms with E-state index in [9.17, 15) is 4.79 Å². The molecule has 0 N–H and O–H groups in total. The van der Waals surface area contributed by atoms with Gasteiger partial charge in [-0.25, -0.2) is 0 Å². The first-order valence-electron chi connectivity index (χ1n) is 11.2. The maximum Gasteiger partial charge on any atom is 0.171 e. The number of benzene rings is 2. The summed E-state index contributed by atoms with van der Waals surface area (Å²) in [7, 11) is 0. The van der Waals surface area contributed by atoms with E-state index in [0.717, 1.165) is 24.8 Å². The molecule has 2 aliphatic carbocycles. The Kier molecular flexibility index (Phi) is 4.91. The molecule has 0 radical (unpaired) electrons. The number of hydrogen-bond donors (Lipinski definition) is 0. The fourth-order valence-electron chi connectivity index (χ4n) is 5.92. The Morgan fingerprint density at radius 2 is 1.70 bits per heavy atom. The second kappa shape index (κ2) is 7.47. The summed E-state index contributed by atoms with van der Waals surface area (Å²) < 4.78 is 12.1. The highest BCUT2D eigenvalue weighted by Gasteiger charge is 2.58. The quantitative estimate of drug-likeness (QED) is 0.671. The van der Waals surface area contributed by atoms with Crippen molar-refractivity contribution >= 4 is 5.78 Å². The fourth-order valence-corrected chi connectivity index (χ4v) is 5.92. The number of allylic oxidation sites excluding steroid dienone is 2. The van der Waals surface area contributed by atoms with Crippen LogP contribution in [0.1, 0.15) is 38.7 Å². The SMILES string of the molecule is C[C@H]1[C@@H]2CC=C(Cc3cccc(-c4ccccc4)c3)C(=O)[C@@]2(C)CCC12OCCO2. The highest BCUT2D eigenvalue weighted by Crippen LogP contribution is 2.56. The van der Waals surface area contributed by atoms with Crippen LogP contribution in [0.3, 0.4) is 0 Å². The molecule has 0 amide bonds. The van der Waals surface area contributed by atoms with Crippen LogP contribution in [-0.4, -0.2) is 24.8 Å². The first-order chi connectivity index (χ1) is 14.5. The number of rotatable bonds is 3. The van der Waals surface area contributed by atoms with Crippen molar-refractivity contribution in [3.05, 3.63) is 71.8 Å². The normalized spacial score (nSPS) is 30.2. The lowest BCUT2D eigenvalue weighted by atomic mass is 9.55. The topological polar surface area (TPSA) is 35.5 Å². The molecule has 3 atom stereocenters. The van der Waals surface area contributed by atoms with Crippen LogP contribution in [0.25, 0.3) is 11.1 Å². The maximum atomic E-state index is 13.6. The van der Waals surface area contributed by atoms with E-state index in [4.69, 9.17) is 9.47 Å². The molecular formula is C27H30O3. The molecule has 1 aliphatic heterocycles. The summed E-state index contributed by atoms with van der Waals surface area (Å²) in [5.74, 6) is 0.349. The van der Waals surface area contributed by atoms with Crippen LogP contribution < -0.4 is 0 Å². The van der Waals surface area contributed by atoms with Crippen molar-refractivity contribution in [3.8, 4) is 11.1 Å². The first-order valence-corrected chi connectivity index (χ1v) is 11.2. The Morgan fingerprint density at radius 1 is 0.967 bits per heavy atom. The van der Waals surface area contributed by atoms with E-state index in [1.54, 1.807) is 0 Å². The van der Waals surface area contributed by atoms with E-state index in [2.05, 4.69) is 68.5 Å². The zero-order valence-electron chi connectivity index (χ0n) is 17.9. The van der Waals surface area contributed by atoms with Gasteiger partial charge in [0.1, 0.15) is 0 Å².